The van der Waals surface area contributed by atoms with Gasteiger partial charge in [0.1, 0.15) is 10.8 Å². The van der Waals surface area contributed by atoms with E-state index in [2.05, 4.69) is 20.9 Å². The van der Waals surface area contributed by atoms with Crippen LogP contribution in [0.3, 0.4) is 0 Å². The summed E-state index contributed by atoms with van der Waals surface area (Å²) in [6.45, 7) is 1.55. The van der Waals surface area contributed by atoms with Gasteiger partial charge < -0.3 is 5.11 Å². The molecule has 76 valence electrons. The lowest BCUT2D eigenvalue weighted by Crippen LogP contribution is -2.28. The Morgan fingerprint density at radius 2 is 2.36 bits per heavy atom. The lowest BCUT2D eigenvalue weighted by atomic mass is 10.4. The Hall–Kier alpha value is -1.24. The number of nitrogens with zero attached hydrogens (tertiary/aromatic N) is 2. The van der Waals surface area contributed by atoms with Crippen molar-refractivity contribution in [1.29, 1.82) is 0 Å². The maximum atomic E-state index is 12.9. The van der Waals surface area contributed by atoms with Gasteiger partial charge in [0, 0.05) is 0 Å². The Labute approximate surface area is 86.3 Å². The molecule has 0 spiro atoms. The molecule has 7 heteroatoms. The second-order valence-corrected chi connectivity index (χ2v) is 3.32. The van der Waals surface area contributed by atoms with Crippen molar-refractivity contribution in [3.05, 3.63) is 26.8 Å². The van der Waals surface area contributed by atoms with E-state index in [0.717, 1.165) is 6.33 Å². The predicted molar refractivity (Wildman–Crippen MR) is 48.7 cm³/mol. The monoisotopic (exact) mass is 264 g/mol. The first-order chi connectivity index (χ1) is 6.45. The molecule has 1 unspecified atom stereocenters. The van der Waals surface area contributed by atoms with Gasteiger partial charge in [0.15, 0.2) is 0 Å². The fraction of sp³-hybridized carbons (Fsp3) is 0.286. The molecule has 0 aliphatic rings. The molecule has 1 atom stereocenters. The molecule has 0 bridgehead atoms. The fourth-order valence-electron chi connectivity index (χ4n) is 0.806. The number of carboxylic acids is 1. The first kappa shape index (κ1) is 10.8. The second kappa shape index (κ2) is 3.87. The third kappa shape index (κ3) is 1.82. The molecule has 5 nitrogen and oxygen atoms in total. The summed E-state index contributed by atoms with van der Waals surface area (Å²) in [7, 11) is 0. The molecule has 0 saturated carbocycles. The molecular weight excluding hydrogens is 259 g/mol. The van der Waals surface area contributed by atoms with Gasteiger partial charge in [-0.1, -0.05) is 0 Å². The summed E-state index contributed by atoms with van der Waals surface area (Å²) in [5, 5.41) is 8.34. The van der Waals surface area contributed by atoms with E-state index in [9.17, 15) is 14.0 Å². The van der Waals surface area contributed by atoms with Gasteiger partial charge in [-0.15, -0.1) is 0 Å². The van der Waals surface area contributed by atoms with Gasteiger partial charge >= 0.3 is 5.97 Å². The predicted octanol–water partition coefficient (Wildman–Crippen LogP) is 0.867. The highest BCUT2D eigenvalue weighted by Crippen LogP contribution is 2.10. The van der Waals surface area contributed by atoms with Crippen molar-refractivity contribution in [2.24, 2.45) is 0 Å². The first-order valence-corrected chi connectivity index (χ1v) is 4.34. The highest BCUT2D eigenvalue weighted by molar-refractivity contribution is 9.10. The van der Waals surface area contributed by atoms with E-state index in [1.807, 2.05) is 0 Å². The van der Waals surface area contributed by atoms with Gasteiger partial charge in [-0.2, -0.15) is 0 Å². The van der Waals surface area contributed by atoms with Crippen molar-refractivity contribution in [3.63, 3.8) is 0 Å². The third-order valence-electron chi connectivity index (χ3n) is 1.56. The Morgan fingerprint density at radius 1 is 1.79 bits per heavy atom. The highest BCUT2D eigenvalue weighted by Gasteiger charge is 2.20. The van der Waals surface area contributed by atoms with Crippen molar-refractivity contribution in [2.45, 2.75) is 13.2 Å². The van der Waals surface area contributed by atoms with Crippen LogP contribution in [0.4, 0.5) is 4.39 Å². The Morgan fingerprint density at radius 3 is 2.86 bits per heavy atom. The Bertz CT molecular complexity index is 431. The average molecular weight is 265 g/mol. The van der Waals surface area contributed by atoms with Crippen molar-refractivity contribution in [1.82, 2.24) is 9.55 Å². The normalized spacial score (nSPS) is 12.5. The molecule has 0 fully saturated rings. The standard InChI is InChI=1S/C7H6BrFN2O3/c1-3-4(8)6(12)11(2-10-3)5(9)7(13)14/h2,5H,1H3,(H,13,14). The van der Waals surface area contributed by atoms with E-state index in [1.165, 1.54) is 0 Å². The molecule has 1 N–H and O–H groups in total. The number of carboxylic acid groups (broad SMARTS) is 1. The maximum absolute atomic E-state index is 12.9. The summed E-state index contributed by atoms with van der Waals surface area (Å²) in [6, 6.07) is 0. The molecule has 1 aromatic heterocycles. The zero-order valence-electron chi connectivity index (χ0n) is 7.07. The number of rotatable bonds is 2. The molecule has 0 amide bonds. The zero-order chi connectivity index (χ0) is 10.9. The number of hydrogen-bond acceptors (Lipinski definition) is 3. The van der Waals surface area contributed by atoms with Gasteiger partial charge in [0.2, 0.25) is 0 Å². The molecule has 0 aliphatic heterocycles. The summed E-state index contributed by atoms with van der Waals surface area (Å²) in [5.74, 6) is -1.73. The summed E-state index contributed by atoms with van der Waals surface area (Å²) < 4.78 is 13.4. The molecule has 0 aliphatic carbocycles. The summed E-state index contributed by atoms with van der Waals surface area (Å²) in [6.07, 6.45) is -1.55. The van der Waals surface area contributed by atoms with Crippen LogP contribution in [0.15, 0.2) is 15.6 Å². The van der Waals surface area contributed by atoms with E-state index in [1.54, 1.807) is 6.92 Å². The van der Waals surface area contributed by atoms with Gasteiger partial charge in [0.05, 0.1) is 5.69 Å². The van der Waals surface area contributed by atoms with Crippen LogP contribution in [-0.2, 0) is 4.79 Å². The molecule has 14 heavy (non-hydrogen) atoms. The molecular formula is C7H6BrFN2O3. The minimum absolute atomic E-state index is 0.0592. The summed E-state index contributed by atoms with van der Waals surface area (Å²) in [5.41, 5.74) is -0.378. The minimum atomic E-state index is -2.41. The molecule has 1 rings (SSSR count). The van der Waals surface area contributed by atoms with E-state index in [4.69, 9.17) is 5.11 Å². The minimum Gasteiger partial charge on any atom is -0.478 e. The SMILES string of the molecule is Cc1ncn(C(F)C(=O)O)c(=O)c1Br. The van der Waals surface area contributed by atoms with Gasteiger partial charge in [-0.3, -0.25) is 9.36 Å². The number of aliphatic carboxylic acids is 1. The molecule has 0 radical (unpaired) electrons. The average Bonchev–Trinajstić information content (AvgIpc) is 2.13. The van der Waals surface area contributed by atoms with Crippen LogP contribution in [0.2, 0.25) is 0 Å². The van der Waals surface area contributed by atoms with Crippen LogP contribution in [0.25, 0.3) is 0 Å². The van der Waals surface area contributed by atoms with Crippen LogP contribution in [0.5, 0.6) is 0 Å². The molecule has 1 aromatic rings. The van der Waals surface area contributed by atoms with Crippen molar-refractivity contribution in [3.8, 4) is 0 Å². The van der Waals surface area contributed by atoms with E-state index < -0.39 is 17.8 Å². The quantitative estimate of drug-likeness (QED) is 0.861. The van der Waals surface area contributed by atoms with Gasteiger partial charge in [0.25, 0.3) is 11.9 Å². The van der Waals surface area contributed by atoms with Crippen LogP contribution in [0.1, 0.15) is 12.0 Å². The van der Waals surface area contributed by atoms with Gasteiger partial charge in [-0.25, -0.2) is 14.2 Å². The molecule has 0 saturated heterocycles. The first-order valence-electron chi connectivity index (χ1n) is 3.55. The Balaban J connectivity index is 3.32. The summed E-state index contributed by atoms with van der Waals surface area (Å²) >= 11 is 2.89. The van der Waals surface area contributed by atoms with Crippen LogP contribution in [0, 0.1) is 6.92 Å². The highest BCUT2D eigenvalue weighted by atomic mass is 79.9. The molecule has 0 aromatic carbocycles. The summed E-state index contributed by atoms with van der Waals surface area (Å²) in [4.78, 5) is 25.2. The lowest BCUT2D eigenvalue weighted by molar-refractivity contribution is -0.146. The van der Waals surface area contributed by atoms with Crippen molar-refractivity contribution in [2.75, 3.05) is 0 Å². The van der Waals surface area contributed by atoms with Crippen LogP contribution >= 0.6 is 15.9 Å². The number of aromatic nitrogens is 2. The fourth-order valence-corrected chi connectivity index (χ4v) is 1.11. The van der Waals surface area contributed by atoms with E-state index in [-0.39, 0.29) is 4.47 Å². The zero-order valence-corrected chi connectivity index (χ0v) is 8.65. The van der Waals surface area contributed by atoms with Crippen LogP contribution < -0.4 is 5.56 Å². The number of aryl methyl sites for hydroxylation is 1. The molecule has 1 heterocycles. The van der Waals surface area contributed by atoms with E-state index in [0.29, 0.717) is 10.3 Å². The van der Waals surface area contributed by atoms with Crippen molar-refractivity contribution < 1.29 is 14.3 Å². The van der Waals surface area contributed by atoms with E-state index >= 15 is 0 Å². The number of carbonyl (C=O) groups is 1. The maximum Gasteiger partial charge on any atom is 0.360 e. The van der Waals surface area contributed by atoms with Crippen LogP contribution in [-0.4, -0.2) is 20.6 Å². The topological polar surface area (TPSA) is 72.2 Å². The van der Waals surface area contributed by atoms with Gasteiger partial charge in [-0.05, 0) is 22.9 Å². The number of alkyl halides is 1. The van der Waals surface area contributed by atoms with Crippen molar-refractivity contribution >= 4 is 21.9 Å². The smallest absolute Gasteiger partial charge is 0.360 e. The lowest BCUT2D eigenvalue weighted by Gasteiger charge is -2.07. The number of hydrogen-bond donors (Lipinski definition) is 1. The second-order valence-electron chi connectivity index (χ2n) is 2.53. The Kier molecular flexibility index (Phi) is 3.00. The largest absolute Gasteiger partial charge is 0.478 e. The number of halogens is 2. The third-order valence-corrected chi connectivity index (χ3v) is 2.48.